The lowest BCUT2D eigenvalue weighted by Crippen LogP contribution is -2.26. The zero-order valence-corrected chi connectivity index (χ0v) is 18.6. The largest absolute Gasteiger partial charge is 0.442 e. The van der Waals surface area contributed by atoms with Gasteiger partial charge in [-0.2, -0.15) is 0 Å². The molecular formula is C24H22N8O3. The van der Waals surface area contributed by atoms with Crippen molar-refractivity contribution in [1.82, 2.24) is 35.5 Å². The van der Waals surface area contributed by atoms with Crippen LogP contribution in [0, 0.1) is 0 Å². The molecule has 11 heteroatoms. The van der Waals surface area contributed by atoms with Crippen LogP contribution in [0.15, 0.2) is 79.4 Å². The number of nitrogens with one attached hydrogen (secondary N) is 1. The number of hydrogen-bond acceptors (Lipinski definition) is 8. The summed E-state index contributed by atoms with van der Waals surface area (Å²) >= 11 is 0. The normalized spacial score (nSPS) is 19.5. The molecule has 2 aromatic heterocycles. The Kier molecular flexibility index (Phi) is 5.43. The Morgan fingerprint density at radius 3 is 2.14 bits per heavy atom. The van der Waals surface area contributed by atoms with E-state index in [-0.39, 0.29) is 18.3 Å². The number of amides is 1. The molecule has 1 saturated heterocycles. The average Bonchev–Trinajstić information content (AvgIpc) is 3.69. The van der Waals surface area contributed by atoms with Gasteiger partial charge in [0.05, 0.1) is 37.7 Å². The maximum atomic E-state index is 12.4. The Morgan fingerprint density at radius 2 is 1.49 bits per heavy atom. The highest BCUT2D eigenvalue weighted by atomic mass is 16.7. The van der Waals surface area contributed by atoms with Crippen molar-refractivity contribution in [1.29, 1.82) is 0 Å². The molecule has 1 unspecified atom stereocenters. The first-order valence-electron chi connectivity index (χ1n) is 11.2. The minimum Gasteiger partial charge on any atom is -0.442 e. The van der Waals surface area contributed by atoms with E-state index in [0.29, 0.717) is 19.6 Å². The van der Waals surface area contributed by atoms with Gasteiger partial charge >= 0.3 is 6.09 Å². The molecular weight excluding hydrogens is 448 g/mol. The van der Waals surface area contributed by atoms with Crippen LogP contribution in [0.3, 0.4) is 0 Å². The zero-order valence-electron chi connectivity index (χ0n) is 18.6. The molecule has 2 aromatic carbocycles. The number of ether oxygens (including phenoxy) is 1. The van der Waals surface area contributed by atoms with Crippen LogP contribution in [0.1, 0.15) is 5.56 Å². The van der Waals surface area contributed by atoms with Gasteiger partial charge in [-0.15, -0.1) is 10.2 Å². The van der Waals surface area contributed by atoms with Crippen LogP contribution in [-0.4, -0.2) is 54.8 Å². The molecule has 1 N–H and O–H groups in total. The van der Waals surface area contributed by atoms with Crippen LogP contribution in [0.25, 0.3) is 16.8 Å². The molecule has 4 heterocycles. The first kappa shape index (κ1) is 21.1. The summed E-state index contributed by atoms with van der Waals surface area (Å²) in [5.74, 6) is 0. The van der Waals surface area contributed by atoms with Crippen molar-refractivity contribution in [3.8, 4) is 11.1 Å². The molecule has 6 rings (SSSR count). The molecule has 0 aliphatic carbocycles. The zero-order chi connectivity index (χ0) is 23.6. The van der Waals surface area contributed by atoms with Gasteiger partial charge in [0.25, 0.3) is 0 Å². The Morgan fingerprint density at radius 1 is 0.857 bits per heavy atom. The lowest BCUT2D eigenvalue weighted by atomic mass is 10.0. The number of anilines is 1. The maximum Gasteiger partial charge on any atom is 0.414 e. The van der Waals surface area contributed by atoms with Gasteiger partial charge in [0.2, 0.25) is 0 Å². The van der Waals surface area contributed by atoms with Crippen molar-refractivity contribution in [2.75, 3.05) is 11.4 Å². The Hall–Kier alpha value is -4.51. The first-order chi connectivity index (χ1) is 17.2. The fourth-order valence-corrected chi connectivity index (χ4v) is 4.19. The van der Waals surface area contributed by atoms with Crippen LogP contribution in [0.2, 0.25) is 0 Å². The van der Waals surface area contributed by atoms with Crippen LogP contribution < -0.4 is 10.4 Å². The predicted molar refractivity (Wildman–Crippen MR) is 126 cm³/mol. The minimum atomic E-state index is -0.353. The van der Waals surface area contributed by atoms with E-state index in [1.165, 1.54) is 0 Å². The van der Waals surface area contributed by atoms with E-state index >= 15 is 0 Å². The summed E-state index contributed by atoms with van der Waals surface area (Å²) in [6.07, 6.45) is 8.10. The Balaban J connectivity index is 1.10. The van der Waals surface area contributed by atoms with E-state index in [1.807, 2.05) is 30.3 Å². The van der Waals surface area contributed by atoms with Gasteiger partial charge in [0, 0.05) is 18.1 Å². The quantitative estimate of drug-likeness (QED) is 0.439. The van der Waals surface area contributed by atoms with Crippen molar-refractivity contribution in [2.45, 2.75) is 25.3 Å². The van der Waals surface area contributed by atoms with E-state index in [9.17, 15) is 4.79 Å². The smallest absolute Gasteiger partial charge is 0.414 e. The second kappa shape index (κ2) is 9.03. The molecule has 1 amide bonds. The standard InChI is InChI=1S/C24H22N8O3/c33-24-32(16-22(34-24)15-31-12-10-26-29-31)20-7-5-18(6-8-20)17-1-3-19(4-2-17)23-13-21(35-27-23)14-30-11-9-25-28-30/h1-13,21-22,27H,14-16H2/t21?,22-/m0/s1. The topological polar surface area (TPSA) is 112 Å². The summed E-state index contributed by atoms with van der Waals surface area (Å²) in [6, 6.07) is 16.1. The molecule has 35 heavy (non-hydrogen) atoms. The van der Waals surface area contributed by atoms with Gasteiger partial charge in [0.1, 0.15) is 12.2 Å². The summed E-state index contributed by atoms with van der Waals surface area (Å²) in [5, 5.41) is 15.5. The predicted octanol–water partition coefficient (Wildman–Crippen LogP) is 2.51. The molecule has 4 aromatic rings. The van der Waals surface area contributed by atoms with Crippen molar-refractivity contribution < 1.29 is 14.4 Å². The van der Waals surface area contributed by atoms with Gasteiger partial charge in [-0.05, 0) is 34.9 Å². The molecule has 2 aliphatic rings. The van der Waals surface area contributed by atoms with Gasteiger partial charge in [-0.1, -0.05) is 46.8 Å². The third-order valence-electron chi connectivity index (χ3n) is 5.96. The molecule has 0 radical (unpaired) electrons. The van der Waals surface area contributed by atoms with Crippen molar-refractivity contribution in [3.05, 3.63) is 85.0 Å². The third kappa shape index (κ3) is 4.49. The lowest BCUT2D eigenvalue weighted by molar-refractivity contribution is 0.0395. The number of benzene rings is 2. The van der Waals surface area contributed by atoms with E-state index < -0.39 is 0 Å². The number of nitrogens with zero attached hydrogens (tertiary/aromatic N) is 7. The maximum absolute atomic E-state index is 12.4. The highest BCUT2D eigenvalue weighted by molar-refractivity contribution is 5.90. The monoisotopic (exact) mass is 470 g/mol. The van der Waals surface area contributed by atoms with E-state index in [2.05, 4.69) is 50.4 Å². The SMILES string of the molecule is O=C1O[C@@H](Cn2ccnn2)CN1c1ccc(-c2ccc(C3=CC(Cn4ccnn4)ON3)cc2)cc1. The summed E-state index contributed by atoms with van der Waals surface area (Å²) in [7, 11) is 0. The second-order valence-electron chi connectivity index (χ2n) is 8.33. The third-order valence-corrected chi connectivity index (χ3v) is 5.96. The molecule has 0 spiro atoms. The number of hydrogen-bond donors (Lipinski definition) is 1. The van der Waals surface area contributed by atoms with E-state index in [4.69, 9.17) is 9.57 Å². The lowest BCUT2D eigenvalue weighted by Gasteiger charge is -2.14. The first-order valence-corrected chi connectivity index (χ1v) is 11.2. The highest BCUT2D eigenvalue weighted by Gasteiger charge is 2.32. The number of rotatable bonds is 7. The highest BCUT2D eigenvalue weighted by Crippen LogP contribution is 2.28. The summed E-state index contributed by atoms with van der Waals surface area (Å²) in [6.45, 7) is 1.53. The van der Waals surface area contributed by atoms with E-state index in [0.717, 1.165) is 28.1 Å². The van der Waals surface area contributed by atoms with Crippen LogP contribution in [-0.2, 0) is 22.7 Å². The number of hydroxylamine groups is 1. The summed E-state index contributed by atoms with van der Waals surface area (Å²) < 4.78 is 8.88. The van der Waals surface area contributed by atoms with Gasteiger partial charge in [-0.3, -0.25) is 15.2 Å². The Bertz CT molecular complexity index is 1320. The fraction of sp³-hybridized carbons (Fsp3) is 0.208. The Labute approximate surface area is 200 Å². The van der Waals surface area contributed by atoms with Gasteiger partial charge < -0.3 is 4.74 Å². The molecule has 2 aliphatic heterocycles. The van der Waals surface area contributed by atoms with Gasteiger partial charge in [-0.25, -0.2) is 14.2 Å². The van der Waals surface area contributed by atoms with Crippen LogP contribution in [0.4, 0.5) is 10.5 Å². The van der Waals surface area contributed by atoms with E-state index in [1.54, 1.807) is 39.1 Å². The number of aromatic nitrogens is 6. The average molecular weight is 470 g/mol. The number of carbonyl (C=O) groups is 1. The second-order valence-corrected chi connectivity index (χ2v) is 8.33. The molecule has 2 atom stereocenters. The molecule has 11 nitrogen and oxygen atoms in total. The molecule has 176 valence electrons. The van der Waals surface area contributed by atoms with Crippen molar-refractivity contribution in [3.63, 3.8) is 0 Å². The molecule has 0 saturated carbocycles. The minimum absolute atomic E-state index is 0.119. The van der Waals surface area contributed by atoms with Crippen LogP contribution >= 0.6 is 0 Å². The molecule has 0 bridgehead atoms. The summed E-state index contributed by atoms with van der Waals surface area (Å²) in [5.41, 5.74) is 7.88. The number of cyclic esters (lactones) is 1. The summed E-state index contributed by atoms with van der Waals surface area (Å²) in [4.78, 5) is 19.6. The fourth-order valence-electron chi connectivity index (χ4n) is 4.19. The van der Waals surface area contributed by atoms with Crippen LogP contribution in [0.5, 0.6) is 0 Å². The van der Waals surface area contributed by atoms with Gasteiger partial charge in [0.15, 0.2) is 0 Å². The number of carbonyl (C=O) groups excluding carboxylic acids is 1. The molecule has 1 fully saturated rings. The van der Waals surface area contributed by atoms with Crippen molar-refractivity contribution >= 4 is 17.5 Å². The van der Waals surface area contributed by atoms with Crippen molar-refractivity contribution in [2.24, 2.45) is 0 Å².